The highest BCUT2D eigenvalue weighted by Gasteiger charge is 2.66. The van der Waals surface area contributed by atoms with Crippen molar-refractivity contribution in [3.63, 3.8) is 0 Å². The molecule has 3 saturated carbocycles. The molecule has 4 aliphatic rings. The first-order valence-corrected chi connectivity index (χ1v) is 19.2. The molecule has 0 bridgehead atoms. The van der Waals surface area contributed by atoms with E-state index in [0.29, 0.717) is 24.2 Å². The van der Waals surface area contributed by atoms with Crippen molar-refractivity contribution >= 4 is 31.2 Å². The van der Waals surface area contributed by atoms with Crippen molar-refractivity contribution < 1.29 is 51.5 Å². The van der Waals surface area contributed by atoms with Crippen LogP contribution in [0.1, 0.15) is 92.9 Å². The first kappa shape index (κ1) is 35.9. The zero-order chi connectivity index (χ0) is 33.3. The van der Waals surface area contributed by atoms with E-state index in [1.54, 1.807) is 6.92 Å². The van der Waals surface area contributed by atoms with Gasteiger partial charge in [0, 0.05) is 0 Å². The van der Waals surface area contributed by atoms with Crippen LogP contribution in [0.25, 0.3) is 0 Å². The highest BCUT2D eigenvalue weighted by Crippen LogP contribution is 2.72. The molecule has 0 N–H and O–H groups in total. The smallest absolute Gasteiger partial charge is 0.217 e. The largest absolute Gasteiger partial charge is 0.726 e. The van der Waals surface area contributed by atoms with Gasteiger partial charge in [-0.25, -0.2) is 25.3 Å². The lowest BCUT2D eigenvalue weighted by molar-refractivity contribution is -0.122. The molecule has 254 valence electrons. The van der Waals surface area contributed by atoms with Gasteiger partial charge in [-0.3, -0.25) is 12.5 Å². The van der Waals surface area contributed by atoms with Gasteiger partial charge in [-0.05, 0) is 97.2 Å². The van der Waals surface area contributed by atoms with Gasteiger partial charge in [0.05, 0.1) is 6.10 Å². The summed E-state index contributed by atoms with van der Waals surface area (Å²) in [5, 5.41) is 0. The molecule has 0 radical (unpaired) electrons. The molecule has 0 aromatic heterocycles. The van der Waals surface area contributed by atoms with E-state index >= 15 is 0 Å². The van der Waals surface area contributed by atoms with Gasteiger partial charge in [0.2, 0.25) is 31.2 Å². The molecule has 0 aromatic carbocycles. The molecule has 4 rings (SSSR count). The van der Waals surface area contributed by atoms with E-state index in [4.69, 9.17) is 8.37 Å². The lowest BCUT2D eigenvalue weighted by atomic mass is 9.43. The van der Waals surface area contributed by atoms with Crippen molar-refractivity contribution in [1.82, 2.24) is 0 Å². The molecule has 15 heteroatoms. The Morgan fingerprint density at radius 1 is 0.886 bits per heavy atom. The molecule has 0 aliphatic heterocycles. The summed E-state index contributed by atoms with van der Waals surface area (Å²) in [7, 11) is -15.9. The summed E-state index contributed by atoms with van der Waals surface area (Å²) in [6.07, 6.45) is 1.43. The summed E-state index contributed by atoms with van der Waals surface area (Å²) < 4.78 is 120. The number of hydrogen-bond acceptors (Lipinski definition) is 12. The predicted molar refractivity (Wildman–Crippen MR) is 157 cm³/mol. The minimum absolute atomic E-state index is 0.146. The first-order chi connectivity index (χ1) is 19.9. The zero-order valence-corrected chi connectivity index (χ0v) is 28.6. The number of rotatable bonds is 11. The maximum absolute atomic E-state index is 12.0. The molecule has 0 spiro atoms. The summed E-state index contributed by atoms with van der Waals surface area (Å²) in [6, 6.07) is 0. The van der Waals surface area contributed by atoms with E-state index in [0.717, 1.165) is 31.3 Å². The lowest BCUT2D eigenvalue weighted by Gasteiger charge is -2.63. The SMILES string of the molecule is C=C(CC[C@@H](C)[C@H]1CC[C@@]2(C)[C@@H]3C[C@H](OS(=O)(=O)[O-])[C@H]4C[C@H](OS(=O)(=O)[O-])[C@@H](OS(=O)(=O)[O-])C[C@]4(C)C3=CC[C@]12C)C(C)C. The van der Waals surface area contributed by atoms with Crippen LogP contribution >= 0.6 is 0 Å². The summed E-state index contributed by atoms with van der Waals surface area (Å²) in [5.41, 5.74) is 0.519. The van der Waals surface area contributed by atoms with Gasteiger partial charge in [-0.15, -0.1) is 0 Å². The Labute approximate surface area is 262 Å². The maximum atomic E-state index is 12.0. The van der Waals surface area contributed by atoms with E-state index < -0.39 is 67.3 Å². The Hall–Kier alpha value is -0.910. The van der Waals surface area contributed by atoms with Gasteiger partial charge in [0.25, 0.3) is 0 Å². The predicted octanol–water partition coefficient (Wildman–Crippen LogP) is 4.34. The molecule has 3 fully saturated rings. The second kappa shape index (κ2) is 12.0. The Kier molecular flexibility index (Phi) is 9.77. The van der Waals surface area contributed by atoms with Crippen molar-refractivity contribution in [2.45, 2.75) is 111 Å². The number of allylic oxidation sites excluding steroid dienone is 3. The third kappa shape index (κ3) is 7.01. The summed E-state index contributed by atoms with van der Waals surface area (Å²) >= 11 is 0. The van der Waals surface area contributed by atoms with E-state index in [2.05, 4.69) is 51.5 Å². The van der Waals surface area contributed by atoms with Crippen molar-refractivity contribution in [2.75, 3.05) is 0 Å². The van der Waals surface area contributed by atoms with Gasteiger partial charge < -0.3 is 13.7 Å². The van der Waals surface area contributed by atoms with Crippen molar-refractivity contribution in [3.8, 4) is 0 Å². The average molecular weight is 682 g/mol. The fraction of sp³-hybridized carbons (Fsp3) is 0.862. The molecule has 0 unspecified atom stereocenters. The van der Waals surface area contributed by atoms with E-state index in [1.165, 1.54) is 5.57 Å². The standard InChI is InChI=1S/C29H48O12S3/c1-17(2)18(3)8-9-19(4)20-10-12-29(7)22-14-24(39-42(30,31)32)23-15-25(40-43(33,34)35)26(41-44(36,37)38)16-27(23,5)21(22)11-13-28(20,29)6/h11,17,19-20,22-26H,3,8-10,12-16H2,1-2,4-7H3,(H,30,31,32)(H,33,34,35)(H,36,37,38)/p-3/t19-,20-,22-,23-,24+,25+,26+,27-,28-,29+/m1/s1. The average Bonchev–Trinajstić information content (AvgIpc) is 3.12. The van der Waals surface area contributed by atoms with E-state index in [-0.39, 0.29) is 29.6 Å². The molecule has 10 atom stereocenters. The summed E-state index contributed by atoms with van der Waals surface area (Å²) in [6.45, 7) is 17.0. The van der Waals surface area contributed by atoms with Crippen molar-refractivity contribution in [1.29, 1.82) is 0 Å². The van der Waals surface area contributed by atoms with E-state index in [9.17, 15) is 38.9 Å². The van der Waals surface area contributed by atoms with Crippen molar-refractivity contribution in [2.24, 2.45) is 45.8 Å². The van der Waals surface area contributed by atoms with Crippen LogP contribution < -0.4 is 0 Å². The van der Waals surface area contributed by atoms with Crippen LogP contribution in [0, 0.1) is 45.8 Å². The molecule has 0 heterocycles. The molecule has 0 aromatic rings. The third-order valence-corrected chi connectivity index (χ3v) is 13.5. The quantitative estimate of drug-likeness (QED) is 0.170. The van der Waals surface area contributed by atoms with Gasteiger partial charge in [-0.2, -0.15) is 0 Å². The molecular formula is C29H45O12S3-3. The second-order valence-electron chi connectivity index (χ2n) is 14.6. The molecule has 0 amide bonds. The summed E-state index contributed by atoms with van der Waals surface area (Å²) in [4.78, 5) is 0. The van der Waals surface area contributed by atoms with Crippen LogP contribution in [-0.4, -0.2) is 57.2 Å². The number of fused-ring (bicyclic) bond motifs is 5. The molecule has 4 aliphatic carbocycles. The van der Waals surface area contributed by atoms with Crippen LogP contribution in [0.2, 0.25) is 0 Å². The number of hydrogen-bond donors (Lipinski definition) is 0. The minimum Gasteiger partial charge on any atom is -0.726 e. The van der Waals surface area contributed by atoms with Crippen LogP contribution in [0.3, 0.4) is 0 Å². The summed E-state index contributed by atoms with van der Waals surface area (Å²) in [5.74, 6) is 0.0140. The zero-order valence-electron chi connectivity index (χ0n) is 26.2. The Bertz CT molecular complexity index is 1490. The third-order valence-electron chi connectivity index (χ3n) is 12.1. The highest BCUT2D eigenvalue weighted by atomic mass is 32.3. The van der Waals surface area contributed by atoms with Gasteiger partial charge in [0.1, 0.15) is 12.2 Å². The highest BCUT2D eigenvalue weighted by molar-refractivity contribution is 7.81. The van der Waals surface area contributed by atoms with Crippen LogP contribution in [0.4, 0.5) is 0 Å². The van der Waals surface area contributed by atoms with Gasteiger partial charge >= 0.3 is 0 Å². The Morgan fingerprint density at radius 3 is 1.98 bits per heavy atom. The monoisotopic (exact) mass is 681 g/mol. The molecule has 44 heavy (non-hydrogen) atoms. The minimum atomic E-state index is -5.37. The van der Waals surface area contributed by atoms with Crippen LogP contribution in [-0.2, 0) is 43.7 Å². The van der Waals surface area contributed by atoms with E-state index in [1.807, 2.05) is 0 Å². The first-order valence-electron chi connectivity index (χ1n) is 15.2. The molecular weight excluding hydrogens is 637 g/mol. The van der Waals surface area contributed by atoms with Gasteiger partial charge in [-0.1, -0.05) is 65.3 Å². The Balaban J connectivity index is 1.76. The molecule has 12 nitrogen and oxygen atoms in total. The van der Waals surface area contributed by atoms with Crippen molar-refractivity contribution in [3.05, 3.63) is 23.8 Å². The fourth-order valence-electron chi connectivity index (χ4n) is 9.49. The normalized spacial score (nSPS) is 40.1. The second-order valence-corrected chi connectivity index (χ2v) is 17.6. The van der Waals surface area contributed by atoms with Gasteiger partial charge in [0.15, 0.2) is 0 Å². The van der Waals surface area contributed by atoms with Crippen LogP contribution in [0.5, 0.6) is 0 Å². The molecule has 0 saturated heterocycles. The maximum Gasteiger partial charge on any atom is 0.217 e. The van der Waals surface area contributed by atoms with Crippen LogP contribution in [0.15, 0.2) is 23.8 Å². The topological polar surface area (TPSA) is 199 Å². The Morgan fingerprint density at radius 2 is 1.43 bits per heavy atom. The lowest BCUT2D eigenvalue weighted by Crippen LogP contribution is -2.60. The fourth-order valence-corrected chi connectivity index (χ4v) is 11.0.